The Morgan fingerprint density at radius 1 is 1.48 bits per heavy atom. The number of aromatic nitrogens is 2. The number of hydrogen-bond donors (Lipinski definition) is 2. The molecule has 1 aromatic rings. The Balaban J connectivity index is 0.00000400. The van der Waals surface area contributed by atoms with Crippen LogP contribution in [-0.4, -0.2) is 49.1 Å². The summed E-state index contributed by atoms with van der Waals surface area (Å²) >= 11 is 0. The van der Waals surface area contributed by atoms with Crippen LogP contribution in [0.2, 0.25) is 0 Å². The minimum absolute atomic E-state index is 0. The fourth-order valence-electron chi connectivity index (χ4n) is 2.06. The molecule has 6 nitrogen and oxygen atoms in total. The van der Waals surface area contributed by atoms with Gasteiger partial charge in [0.05, 0.1) is 12.3 Å². The summed E-state index contributed by atoms with van der Waals surface area (Å²) in [6, 6.07) is 2.34. The molecule has 0 bridgehead atoms. The second-order valence-electron chi connectivity index (χ2n) is 5.00. The molecule has 0 spiro atoms. The molecule has 2 N–H and O–H groups in total. The van der Waals surface area contributed by atoms with E-state index < -0.39 is 0 Å². The number of ether oxygens (including phenoxy) is 1. The van der Waals surface area contributed by atoms with Gasteiger partial charge in [-0.15, -0.1) is 24.0 Å². The molecule has 1 heterocycles. The van der Waals surface area contributed by atoms with Crippen LogP contribution in [0.25, 0.3) is 0 Å². The van der Waals surface area contributed by atoms with E-state index in [9.17, 15) is 0 Å². The van der Waals surface area contributed by atoms with Crippen LogP contribution < -0.4 is 10.6 Å². The topological polar surface area (TPSA) is 63.5 Å². The van der Waals surface area contributed by atoms with Crippen LogP contribution in [0.15, 0.2) is 11.1 Å². The van der Waals surface area contributed by atoms with Crippen molar-refractivity contribution in [1.29, 1.82) is 0 Å². The SMILES string of the molecule is CN=C(NCCCn1nc(C)cc1C)NC(C)COC.I. The highest BCUT2D eigenvalue weighted by atomic mass is 127. The number of rotatable bonds is 7. The average molecular weight is 409 g/mol. The lowest BCUT2D eigenvalue weighted by molar-refractivity contribution is 0.179. The highest BCUT2D eigenvalue weighted by molar-refractivity contribution is 14.0. The molecule has 0 radical (unpaired) electrons. The first kappa shape index (κ1) is 20.2. The van der Waals surface area contributed by atoms with Crippen molar-refractivity contribution >= 4 is 29.9 Å². The largest absolute Gasteiger partial charge is 0.383 e. The molecule has 0 aliphatic rings. The lowest BCUT2D eigenvalue weighted by atomic mass is 10.3. The molecule has 0 amide bonds. The standard InChI is InChI=1S/C14H27N5O.HI/c1-11-9-13(3)19(18-11)8-6-7-16-14(15-4)17-12(2)10-20-5;/h9,12H,6-8,10H2,1-5H3,(H2,15,16,17);1H. The van der Waals surface area contributed by atoms with Crippen molar-refractivity contribution in [2.24, 2.45) is 4.99 Å². The summed E-state index contributed by atoms with van der Waals surface area (Å²) in [6.45, 7) is 8.60. The molecule has 0 aliphatic heterocycles. The van der Waals surface area contributed by atoms with Crippen molar-refractivity contribution in [2.45, 2.75) is 39.8 Å². The van der Waals surface area contributed by atoms with Crippen molar-refractivity contribution in [3.05, 3.63) is 17.5 Å². The van der Waals surface area contributed by atoms with E-state index in [1.54, 1.807) is 14.2 Å². The van der Waals surface area contributed by atoms with E-state index in [4.69, 9.17) is 4.74 Å². The van der Waals surface area contributed by atoms with Gasteiger partial charge in [0, 0.05) is 39.0 Å². The Labute approximate surface area is 144 Å². The fourth-order valence-corrected chi connectivity index (χ4v) is 2.06. The van der Waals surface area contributed by atoms with Crippen molar-refractivity contribution in [1.82, 2.24) is 20.4 Å². The summed E-state index contributed by atoms with van der Waals surface area (Å²) < 4.78 is 7.13. The Morgan fingerprint density at radius 3 is 2.71 bits per heavy atom. The Bertz CT molecular complexity index is 433. The summed E-state index contributed by atoms with van der Waals surface area (Å²) in [5.74, 6) is 0.808. The van der Waals surface area contributed by atoms with E-state index in [0.717, 1.165) is 31.2 Å². The molecule has 0 aromatic carbocycles. The number of hydrogen-bond acceptors (Lipinski definition) is 3. The highest BCUT2D eigenvalue weighted by Crippen LogP contribution is 2.02. The van der Waals surface area contributed by atoms with Crippen molar-refractivity contribution in [2.75, 3.05) is 27.3 Å². The predicted molar refractivity (Wildman–Crippen MR) is 97.6 cm³/mol. The summed E-state index contributed by atoms with van der Waals surface area (Å²) in [4.78, 5) is 4.19. The van der Waals surface area contributed by atoms with E-state index in [2.05, 4.69) is 40.6 Å². The first-order chi connectivity index (χ1) is 9.56. The van der Waals surface area contributed by atoms with Crippen LogP contribution in [-0.2, 0) is 11.3 Å². The zero-order chi connectivity index (χ0) is 15.0. The molecule has 122 valence electrons. The highest BCUT2D eigenvalue weighted by Gasteiger charge is 2.04. The molecule has 21 heavy (non-hydrogen) atoms. The molecular weight excluding hydrogens is 381 g/mol. The van der Waals surface area contributed by atoms with Gasteiger partial charge in [-0.1, -0.05) is 0 Å². The van der Waals surface area contributed by atoms with Gasteiger partial charge in [-0.2, -0.15) is 5.10 Å². The number of methoxy groups -OCH3 is 1. The van der Waals surface area contributed by atoms with E-state index in [1.807, 2.05) is 11.6 Å². The van der Waals surface area contributed by atoms with Crippen LogP contribution in [0.1, 0.15) is 24.7 Å². The van der Waals surface area contributed by atoms with E-state index in [1.165, 1.54) is 5.69 Å². The number of guanidine groups is 1. The zero-order valence-corrected chi connectivity index (χ0v) is 16.0. The Kier molecular flexibility index (Phi) is 10.4. The monoisotopic (exact) mass is 409 g/mol. The van der Waals surface area contributed by atoms with Gasteiger partial charge in [0.15, 0.2) is 5.96 Å². The van der Waals surface area contributed by atoms with E-state index >= 15 is 0 Å². The molecule has 1 atom stereocenters. The van der Waals surface area contributed by atoms with Crippen molar-refractivity contribution in [3.63, 3.8) is 0 Å². The maximum atomic E-state index is 5.09. The van der Waals surface area contributed by atoms with Crippen LogP contribution in [0, 0.1) is 13.8 Å². The van der Waals surface area contributed by atoms with Gasteiger partial charge in [0.1, 0.15) is 0 Å². The normalized spacial score (nSPS) is 12.7. The second kappa shape index (κ2) is 10.8. The van der Waals surface area contributed by atoms with Crippen molar-refractivity contribution in [3.8, 4) is 0 Å². The zero-order valence-electron chi connectivity index (χ0n) is 13.6. The molecule has 0 saturated carbocycles. The molecule has 7 heteroatoms. The average Bonchev–Trinajstić information content (AvgIpc) is 2.72. The summed E-state index contributed by atoms with van der Waals surface area (Å²) in [5, 5.41) is 11.0. The third kappa shape index (κ3) is 7.66. The summed E-state index contributed by atoms with van der Waals surface area (Å²) in [7, 11) is 3.47. The van der Waals surface area contributed by atoms with Crippen LogP contribution >= 0.6 is 24.0 Å². The minimum Gasteiger partial charge on any atom is -0.383 e. The van der Waals surface area contributed by atoms with Gasteiger partial charge in [-0.25, -0.2) is 0 Å². The van der Waals surface area contributed by atoms with Crippen molar-refractivity contribution < 1.29 is 4.74 Å². The predicted octanol–water partition coefficient (Wildman–Crippen LogP) is 1.71. The third-order valence-corrected chi connectivity index (χ3v) is 2.97. The van der Waals surface area contributed by atoms with Gasteiger partial charge < -0.3 is 15.4 Å². The molecule has 0 aliphatic carbocycles. The van der Waals surface area contributed by atoms with Gasteiger partial charge in [0.25, 0.3) is 0 Å². The molecule has 1 unspecified atom stereocenters. The molecule has 0 saturated heterocycles. The van der Waals surface area contributed by atoms with Crippen LogP contribution in [0.3, 0.4) is 0 Å². The van der Waals surface area contributed by atoms with Gasteiger partial charge in [0.2, 0.25) is 0 Å². The summed E-state index contributed by atoms with van der Waals surface area (Å²) in [5.41, 5.74) is 2.28. The first-order valence-electron chi connectivity index (χ1n) is 7.04. The maximum absolute atomic E-state index is 5.09. The first-order valence-corrected chi connectivity index (χ1v) is 7.04. The number of aliphatic imine (C=N–C) groups is 1. The van der Waals surface area contributed by atoms with Gasteiger partial charge in [-0.05, 0) is 33.3 Å². The number of nitrogens with one attached hydrogen (secondary N) is 2. The Morgan fingerprint density at radius 2 is 2.19 bits per heavy atom. The third-order valence-electron chi connectivity index (χ3n) is 2.97. The smallest absolute Gasteiger partial charge is 0.191 e. The second-order valence-corrected chi connectivity index (χ2v) is 5.00. The van der Waals surface area contributed by atoms with E-state index in [-0.39, 0.29) is 30.0 Å². The number of aryl methyl sites for hydroxylation is 3. The quantitative estimate of drug-likeness (QED) is 0.312. The lowest BCUT2D eigenvalue weighted by Gasteiger charge is -2.17. The molecule has 1 aromatic heterocycles. The van der Waals surface area contributed by atoms with Crippen LogP contribution in [0.5, 0.6) is 0 Å². The van der Waals surface area contributed by atoms with E-state index in [0.29, 0.717) is 6.61 Å². The fraction of sp³-hybridized carbons (Fsp3) is 0.714. The molecular formula is C14H28IN5O. The summed E-state index contributed by atoms with van der Waals surface area (Å²) in [6.07, 6.45) is 1.00. The number of halogens is 1. The lowest BCUT2D eigenvalue weighted by Crippen LogP contribution is -2.44. The van der Waals surface area contributed by atoms with Gasteiger partial charge >= 0.3 is 0 Å². The molecule has 1 rings (SSSR count). The number of nitrogens with zero attached hydrogens (tertiary/aromatic N) is 3. The minimum atomic E-state index is 0. The van der Waals surface area contributed by atoms with Crippen LogP contribution in [0.4, 0.5) is 0 Å². The Hall–Kier alpha value is -0.830. The maximum Gasteiger partial charge on any atom is 0.191 e. The molecule has 0 fully saturated rings. The van der Waals surface area contributed by atoms with Gasteiger partial charge in [-0.3, -0.25) is 9.67 Å².